The van der Waals surface area contributed by atoms with Crippen LogP contribution in [0.15, 0.2) is 101 Å². The number of carbonyl (C=O) groups is 5. The summed E-state index contributed by atoms with van der Waals surface area (Å²) in [7, 11) is 0. The quantitative estimate of drug-likeness (QED) is 0.168. The van der Waals surface area contributed by atoms with Gasteiger partial charge in [0.1, 0.15) is 29.4 Å². The van der Waals surface area contributed by atoms with Crippen LogP contribution in [0.3, 0.4) is 0 Å². The third-order valence-electron chi connectivity index (χ3n) is 10.7. The van der Waals surface area contributed by atoms with Crippen LogP contribution < -0.4 is 10.3 Å². The minimum Gasteiger partial charge on any atom is -0.478 e. The molecular weight excluding hydrogens is 681 g/mol. The van der Waals surface area contributed by atoms with Gasteiger partial charge in [-0.1, -0.05) is 41.4 Å². The molecule has 258 valence electrons. The van der Waals surface area contributed by atoms with E-state index >= 15 is 4.79 Å². The molecule has 4 aliphatic rings. The van der Waals surface area contributed by atoms with Crippen molar-refractivity contribution in [2.24, 2.45) is 23.7 Å². The number of carboxylic acids is 1. The predicted molar refractivity (Wildman–Crippen MR) is 180 cm³/mol. The Morgan fingerprint density at radius 2 is 1.69 bits per heavy atom. The molecule has 2 saturated heterocycles. The number of aromatic carboxylic acids is 1. The lowest BCUT2D eigenvalue weighted by Crippen LogP contribution is -2.53. The average Bonchev–Trinajstić information content (AvgIpc) is 3.77. The first-order valence-electron chi connectivity index (χ1n) is 16.3. The lowest BCUT2D eigenvalue weighted by atomic mass is 9.50. The lowest BCUT2D eigenvalue weighted by molar-refractivity contribution is -0.138. The average molecular weight is 710 g/mol. The van der Waals surface area contributed by atoms with Gasteiger partial charge in [-0.15, -0.1) is 0 Å². The number of nitrogens with zero attached hydrogens (tertiary/aromatic N) is 2. The maximum atomic E-state index is 15.1. The van der Waals surface area contributed by atoms with Crippen molar-refractivity contribution >= 4 is 52.6 Å². The van der Waals surface area contributed by atoms with E-state index in [4.69, 9.17) is 16.0 Å². The molecule has 2 aliphatic carbocycles. The zero-order valence-electron chi connectivity index (χ0n) is 26.7. The first-order valence-corrected chi connectivity index (χ1v) is 16.7. The summed E-state index contributed by atoms with van der Waals surface area (Å²) >= 11 is 6.30. The fraction of sp³-hybridized carbons (Fsp3) is 0.237. The SMILES string of the molecule is O=C(O)c1cccc(N2C(=O)[C@H]3[C@H](CC=C4[C@H]3C[C@H]3C(=O)N(Nc5ccc(F)cc5)C(=O)[C@@]3(c3ccc(Cl)cc3)[C@H]4c3ccc(CO)o3)C2=O)c1. The number of anilines is 2. The summed E-state index contributed by atoms with van der Waals surface area (Å²) in [6.45, 7) is -0.431. The first-order chi connectivity index (χ1) is 24.5. The van der Waals surface area contributed by atoms with Gasteiger partial charge in [0.15, 0.2) is 0 Å². The third-order valence-corrected chi connectivity index (χ3v) is 11.0. The van der Waals surface area contributed by atoms with Crippen molar-refractivity contribution in [1.82, 2.24) is 5.01 Å². The Balaban J connectivity index is 1.30. The molecule has 2 aliphatic heterocycles. The first kappa shape index (κ1) is 32.6. The zero-order valence-corrected chi connectivity index (χ0v) is 27.4. The molecule has 4 amide bonds. The fourth-order valence-electron chi connectivity index (χ4n) is 8.63. The summed E-state index contributed by atoms with van der Waals surface area (Å²) in [5.74, 6) is -7.91. The maximum absolute atomic E-state index is 15.1. The van der Waals surface area contributed by atoms with Gasteiger partial charge < -0.3 is 14.6 Å². The van der Waals surface area contributed by atoms with Crippen LogP contribution in [0.5, 0.6) is 0 Å². The van der Waals surface area contributed by atoms with E-state index < -0.39 is 77.0 Å². The Labute approximate surface area is 294 Å². The molecule has 4 aromatic rings. The molecule has 1 saturated carbocycles. The van der Waals surface area contributed by atoms with E-state index in [2.05, 4.69) is 5.43 Å². The van der Waals surface area contributed by atoms with Crippen molar-refractivity contribution < 1.29 is 43.0 Å². The van der Waals surface area contributed by atoms with E-state index in [9.17, 15) is 33.8 Å². The summed E-state index contributed by atoms with van der Waals surface area (Å²) in [6.07, 6.45) is 2.00. The highest BCUT2D eigenvalue weighted by Gasteiger charge is 2.71. The molecule has 11 nitrogen and oxygen atoms in total. The molecule has 6 atom stereocenters. The molecule has 3 aromatic carbocycles. The minimum absolute atomic E-state index is 0.00783. The smallest absolute Gasteiger partial charge is 0.335 e. The van der Waals surface area contributed by atoms with Crippen LogP contribution in [0.1, 0.15) is 46.2 Å². The van der Waals surface area contributed by atoms with E-state index in [0.29, 0.717) is 16.2 Å². The fourth-order valence-corrected chi connectivity index (χ4v) is 8.76. The number of benzene rings is 3. The van der Waals surface area contributed by atoms with Gasteiger partial charge in [-0.05, 0) is 91.1 Å². The Morgan fingerprint density at radius 1 is 0.941 bits per heavy atom. The summed E-state index contributed by atoms with van der Waals surface area (Å²) in [5.41, 5.74) is 2.67. The van der Waals surface area contributed by atoms with Crippen molar-refractivity contribution in [3.05, 3.63) is 130 Å². The van der Waals surface area contributed by atoms with Crippen molar-refractivity contribution in [3.8, 4) is 0 Å². The number of hydrogen-bond donors (Lipinski definition) is 3. The van der Waals surface area contributed by atoms with Crippen molar-refractivity contribution in [1.29, 1.82) is 0 Å². The largest absolute Gasteiger partial charge is 0.478 e. The second-order valence-electron chi connectivity index (χ2n) is 13.2. The van der Waals surface area contributed by atoms with Gasteiger partial charge in [0.05, 0.1) is 40.6 Å². The van der Waals surface area contributed by atoms with Crippen molar-refractivity contribution in [2.75, 3.05) is 10.3 Å². The van der Waals surface area contributed by atoms with Crippen LogP contribution in [-0.4, -0.2) is 44.8 Å². The highest BCUT2D eigenvalue weighted by atomic mass is 35.5. The number of carboxylic acid groups (broad SMARTS) is 1. The number of amides is 4. The Hall–Kier alpha value is -5.59. The molecule has 1 aromatic heterocycles. The number of halogens is 2. The number of allylic oxidation sites excluding steroid dienone is 2. The maximum Gasteiger partial charge on any atom is 0.335 e. The number of aliphatic hydroxyl groups is 1. The summed E-state index contributed by atoms with van der Waals surface area (Å²) in [5, 5.41) is 20.9. The number of furan rings is 1. The van der Waals surface area contributed by atoms with Crippen LogP contribution >= 0.6 is 11.6 Å². The van der Waals surface area contributed by atoms with E-state index in [0.717, 1.165) is 9.91 Å². The molecule has 0 radical (unpaired) electrons. The molecule has 0 unspecified atom stereocenters. The number of rotatable bonds is 7. The molecule has 13 heteroatoms. The number of nitrogens with one attached hydrogen (secondary N) is 1. The summed E-state index contributed by atoms with van der Waals surface area (Å²) < 4.78 is 20.0. The van der Waals surface area contributed by atoms with Crippen molar-refractivity contribution in [2.45, 2.75) is 30.8 Å². The van der Waals surface area contributed by atoms with Crippen LogP contribution in [0.4, 0.5) is 15.8 Å². The van der Waals surface area contributed by atoms with E-state index in [1.807, 2.05) is 6.08 Å². The normalized spacial score (nSPS) is 26.9. The highest BCUT2D eigenvalue weighted by molar-refractivity contribution is 6.30. The molecular formula is C38H29ClFN3O8. The third kappa shape index (κ3) is 4.84. The molecule has 51 heavy (non-hydrogen) atoms. The van der Waals surface area contributed by atoms with Gasteiger partial charge in [0.25, 0.3) is 11.8 Å². The van der Waals surface area contributed by atoms with Crippen LogP contribution in [0.25, 0.3) is 0 Å². The van der Waals surface area contributed by atoms with E-state index in [-0.39, 0.29) is 41.3 Å². The number of imide groups is 2. The van der Waals surface area contributed by atoms with Gasteiger partial charge in [-0.25, -0.2) is 9.18 Å². The summed E-state index contributed by atoms with van der Waals surface area (Å²) in [4.78, 5) is 70.8. The molecule has 3 N–H and O–H groups in total. The molecule has 0 bridgehead atoms. The summed E-state index contributed by atoms with van der Waals surface area (Å²) in [6, 6.07) is 20.6. The molecule has 3 heterocycles. The Morgan fingerprint density at radius 3 is 2.37 bits per heavy atom. The van der Waals surface area contributed by atoms with E-state index in [1.165, 1.54) is 48.5 Å². The van der Waals surface area contributed by atoms with Gasteiger partial charge in [-0.2, -0.15) is 5.01 Å². The number of carbonyl (C=O) groups excluding carboxylic acids is 4. The van der Waals surface area contributed by atoms with Crippen LogP contribution in [-0.2, 0) is 31.2 Å². The second-order valence-corrected chi connectivity index (χ2v) is 13.6. The van der Waals surface area contributed by atoms with Crippen molar-refractivity contribution in [3.63, 3.8) is 0 Å². The number of fused-ring (bicyclic) bond motifs is 4. The standard InChI is InChI=1S/C38H29ClFN3O8/c39-21-6-4-20(5-7-21)38-29(34(46)43(37(38)50)41-23-10-8-22(40)9-11-23)17-28-26(32(38)30-15-12-25(18-44)51-30)13-14-27-31(28)35(47)42(33(27)45)24-3-1-2-19(16-24)36(48)49/h1-13,15-16,27-29,31-32,41,44H,14,17-18H2,(H,48,49)/t27-,28+,29-,31-,32+,38+/m0/s1. The molecule has 3 fully saturated rings. The second kappa shape index (κ2) is 12.0. The number of hydrazine groups is 1. The zero-order chi connectivity index (χ0) is 35.8. The number of hydrogen-bond acceptors (Lipinski definition) is 8. The topological polar surface area (TPSA) is 157 Å². The Bertz CT molecular complexity index is 2170. The Kier molecular flexibility index (Phi) is 7.69. The lowest BCUT2D eigenvalue weighted by Gasteiger charge is -2.49. The predicted octanol–water partition coefficient (Wildman–Crippen LogP) is 5.45. The van der Waals surface area contributed by atoms with Gasteiger partial charge >= 0.3 is 5.97 Å². The molecule has 8 rings (SSSR count). The van der Waals surface area contributed by atoms with Gasteiger partial charge in [0, 0.05) is 5.02 Å². The number of aliphatic hydroxyl groups excluding tert-OH is 1. The van der Waals surface area contributed by atoms with Crippen LogP contribution in [0, 0.1) is 29.5 Å². The molecule has 0 spiro atoms. The van der Waals surface area contributed by atoms with E-state index in [1.54, 1.807) is 36.4 Å². The monoisotopic (exact) mass is 709 g/mol. The van der Waals surface area contributed by atoms with Gasteiger partial charge in [0.2, 0.25) is 11.8 Å². The van der Waals surface area contributed by atoms with Crippen LogP contribution in [0.2, 0.25) is 5.02 Å². The highest BCUT2D eigenvalue weighted by Crippen LogP contribution is 2.64. The van der Waals surface area contributed by atoms with Gasteiger partial charge in [-0.3, -0.25) is 29.5 Å². The minimum atomic E-state index is -1.63.